The predicted molar refractivity (Wildman–Crippen MR) is 54.6 cm³/mol. The van der Waals surface area contributed by atoms with Gasteiger partial charge in [0.15, 0.2) is 0 Å². The number of aliphatic hydroxyl groups excluding tert-OH is 1. The molecule has 1 N–H and O–H groups in total. The standard InChI is InChI=1S/C9H16O2.C2H6/c1-8(11)9(7-10)5-3-2-4-6-9;1-2/h7-8,11H,2-6H2,1H3;1-2H3. The molecule has 0 heterocycles. The van der Waals surface area contributed by atoms with Gasteiger partial charge in [0.1, 0.15) is 6.29 Å². The van der Waals surface area contributed by atoms with Crippen LogP contribution >= 0.6 is 0 Å². The number of hydrogen-bond acceptors (Lipinski definition) is 2. The van der Waals surface area contributed by atoms with Gasteiger partial charge in [-0.2, -0.15) is 0 Å². The van der Waals surface area contributed by atoms with Crippen LogP contribution in [0.1, 0.15) is 52.9 Å². The Morgan fingerprint density at radius 1 is 1.23 bits per heavy atom. The molecule has 1 rings (SSSR count). The third-order valence-corrected chi connectivity index (χ3v) is 2.85. The third-order valence-electron chi connectivity index (χ3n) is 2.85. The lowest BCUT2D eigenvalue weighted by atomic mass is 9.72. The van der Waals surface area contributed by atoms with Crippen molar-refractivity contribution in [1.82, 2.24) is 0 Å². The van der Waals surface area contributed by atoms with Gasteiger partial charge in [0.05, 0.1) is 11.5 Å². The first-order valence-corrected chi connectivity index (χ1v) is 5.36. The zero-order valence-electron chi connectivity index (χ0n) is 9.05. The molecule has 1 fully saturated rings. The predicted octanol–water partition coefficient (Wildman–Crippen LogP) is 2.54. The van der Waals surface area contributed by atoms with Gasteiger partial charge < -0.3 is 9.90 Å². The molecule has 0 spiro atoms. The molecule has 0 bridgehead atoms. The maximum absolute atomic E-state index is 10.8. The largest absolute Gasteiger partial charge is 0.392 e. The number of carbonyl (C=O) groups is 1. The second-order valence-electron chi connectivity index (χ2n) is 3.59. The molecular weight excluding hydrogens is 164 g/mol. The molecule has 0 amide bonds. The highest BCUT2D eigenvalue weighted by atomic mass is 16.3. The van der Waals surface area contributed by atoms with Gasteiger partial charge in [-0.05, 0) is 19.8 Å². The molecule has 2 heteroatoms. The lowest BCUT2D eigenvalue weighted by Crippen LogP contribution is -2.36. The molecule has 1 unspecified atom stereocenters. The Morgan fingerprint density at radius 2 is 1.69 bits per heavy atom. The van der Waals surface area contributed by atoms with E-state index in [0.717, 1.165) is 32.0 Å². The van der Waals surface area contributed by atoms with E-state index < -0.39 is 11.5 Å². The average molecular weight is 186 g/mol. The average Bonchev–Trinajstić information content (AvgIpc) is 2.21. The van der Waals surface area contributed by atoms with Crippen molar-refractivity contribution < 1.29 is 9.90 Å². The van der Waals surface area contributed by atoms with Crippen molar-refractivity contribution in [2.24, 2.45) is 5.41 Å². The lowest BCUT2D eigenvalue weighted by Gasteiger charge is -2.34. The van der Waals surface area contributed by atoms with Crippen molar-refractivity contribution in [1.29, 1.82) is 0 Å². The molecule has 2 nitrogen and oxygen atoms in total. The van der Waals surface area contributed by atoms with Crippen LogP contribution in [0.25, 0.3) is 0 Å². The Hall–Kier alpha value is -0.370. The van der Waals surface area contributed by atoms with E-state index in [4.69, 9.17) is 0 Å². The minimum atomic E-state index is -0.472. The zero-order chi connectivity index (χ0) is 10.3. The van der Waals surface area contributed by atoms with Crippen molar-refractivity contribution in [3.05, 3.63) is 0 Å². The van der Waals surface area contributed by atoms with Gasteiger partial charge in [-0.3, -0.25) is 0 Å². The highest BCUT2D eigenvalue weighted by molar-refractivity contribution is 5.60. The van der Waals surface area contributed by atoms with Crippen LogP contribution in [0.2, 0.25) is 0 Å². The smallest absolute Gasteiger partial charge is 0.128 e. The Labute approximate surface area is 81.3 Å². The van der Waals surface area contributed by atoms with Gasteiger partial charge in [0.25, 0.3) is 0 Å². The highest BCUT2D eigenvalue weighted by Crippen LogP contribution is 2.37. The van der Waals surface area contributed by atoms with Gasteiger partial charge in [0, 0.05) is 0 Å². The first kappa shape index (κ1) is 12.6. The van der Waals surface area contributed by atoms with Crippen LogP contribution in [0.4, 0.5) is 0 Å². The van der Waals surface area contributed by atoms with E-state index in [1.54, 1.807) is 6.92 Å². The van der Waals surface area contributed by atoms with E-state index >= 15 is 0 Å². The molecule has 13 heavy (non-hydrogen) atoms. The van der Waals surface area contributed by atoms with Crippen LogP contribution in [0.15, 0.2) is 0 Å². The zero-order valence-corrected chi connectivity index (χ0v) is 9.05. The molecular formula is C11H22O2. The maximum atomic E-state index is 10.8. The second kappa shape index (κ2) is 6.14. The monoisotopic (exact) mass is 186 g/mol. The van der Waals surface area contributed by atoms with Crippen LogP contribution in [-0.2, 0) is 4.79 Å². The molecule has 0 aliphatic heterocycles. The minimum absolute atomic E-state index is 0.405. The normalized spacial score (nSPS) is 22.5. The van der Waals surface area contributed by atoms with E-state index in [0.29, 0.717) is 0 Å². The molecule has 0 aromatic carbocycles. The van der Waals surface area contributed by atoms with Gasteiger partial charge in [-0.1, -0.05) is 33.1 Å². The second-order valence-corrected chi connectivity index (χ2v) is 3.59. The molecule has 1 atom stereocenters. The minimum Gasteiger partial charge on any atom is -0.392 e. The van der Waals surface area contributed by atoms with E-state index in [1.165, 1.54) is 6.42 Å². The quantitative estimate of drug-likeness (QED) is 0.673. The summed E-state index contributed by atoms with van der Waals surface area (Å²) in [5, 5.41) is 9.40. The van der Waals surface area contributed by atoms with Gasteiger partial charge in [-0.25, -0.2) is 0 Å². The fourth-order valence-electron chi connectivity index (χ4n) is 1.84. The molecule has 78 valence electrons. The number of rotatable bonds is 2. The summed E-state index contributed by atoms with van der Waals surface area (Å²) in [5.74, 6) is 0. The van der Waals surface area contributed by atoms with Gasteiger partial charge >= 0.3 is 0 Å². The topological polar surface area (TPSA) is 37.3 Å². The summed E-state index contributed by atoms with van der Waals surface area (Å²) in [5.41, 5.74) is -0.405. The molecule has 0 aromatic rings. The summed E-state index contributed by atoms with van der Waals surface area (Å²) < 4.78 is 0. The van der Waals surface area contributed by atoms with Crippen molar-refractivity contribution in [2.45, 2.75) is 59.0 Å². The van der Waals surface area contributed by atoms with Gasteiger partial charge in [0.2, 0.25) is 0 Å². The molecule has 1 aliphatic rings. The molecule has 0 saturated heterocycles. The van der Waals surface area contributed by atoms with E-state index in [-0.39, 0.29) is 0 Å². The van der Waals surface area contributed by atoms with Crippen molar-refractivity contribution in [2.75, 3.05) is 0 Å². The number of hydrogen-bond donors (Lipinski definition) is 1. The van der Waals surface area contributed by atoms with E-state index in [2.05, 4.69) is 0 Å². The summed E-state index contributed by atoms with van der Waals surface area (Å²) in [7, 11) is 0. The Bertz CT molecular complexity index is 135. The number of carbonyl (C=O) groups excluding carboxylic acids is 1. The summed E-state index contributed by atoms with van der Waals surface area (Å²) in [4.78, 5) is 10.8. The molecule has 1 saturated carbocycles. The van der Waals surface area contributed by atoms with E-state index in [9.17, 15) is 9.90 Å². The first-order valence-electron chi connectivity index (χ1n) is 5.36. The molecule has 1 aliphatic carbocycles. The SMILES string of the molecule is CC.CC(O)C1(C=O)CCCCC1. The van der Waals surface area contributed by atoms with Gasteiger partial charge in [-0.15, -0.1) is 0 Å². The number of aliphatic hydroxyl groups is 1. The maximum Gasteiger partial charge on any atom is 0.128 e. The Balaban J connectivity index is 0.000000671. The summed E-state index contributed by atoms with van der Waals surface area (Å²) in [6, 6.07) is 0. The van der Waals surface area contributed by atoms with Crippen LogP contribution in [0.3, 0.4) is 0 Å². The Kier molecular flexibility index (Phi) is 5.97. The molecule has 0 aromatic heterocycles. The van der Waals surface area contributed by atoms with Crippen LogP contribution < -0.4 is 0 Å². The third kappa shape index (κ3) is 3.11. The van der Waals surface area contributed by atoms with Crippen molar-refractivity contribution >= 4 is 6.29 Å². The fourth-order valence-corrected chi connectivity index (χ4v) is 1.84. The number of aldehydes is 1. The van der Waals surface area contributed by atoms with E-state index in [1.807, 2.05) is 13.8 Å². The fraction of sp³-hybridized carbons (Fsp3) is 0.909. The first-order chi connectivity index (χ1) is 6.21. The summed E-state index contributed by atoms with van der Waals surface area (Å²) in [6.07, 6.45) is 5.61. The van der Waals surface area contributed by atoms with Crippen LogP contribution in [0, 0.1) is 5.41 Å². The van der Waals surface area contributed by atoms with Crippen LogP contribution in [0.5, 0.6) is 0 Å². The molecule has 0 radical (unpaired) electrons. The van der Waals surface area contributed by atoms with Crippen LogP contribution in [-0.4, -0.2) is 17.5 Å². The Morgan fingerprint density at radius 3 is 1.92 bits per heavy atom. The van der Waals surface area contributed by atoms with Crippen molar-refractivity contribution in [3.8, 4) is 0 Å². The van der Waals surface area contributed by atoms with Crippen molar-refractivity contribution in [3.63, 3.8) is 0 Å². The lowest BCUT2D eigenvalue weighted by molar-refractivity contribution is -0.124. The summed E-state index contributed by atoms with van der Waals surface area (Å²) >= 11 is 0. The highest BCUT2D eigenvalue weighted by Gasteiger charge is 2.36. The summed E-state index contributed by atoms with van der Waals surface area (Å²) in [6.45, 7) is 5.72.